The fourth-order valence-electron chi connectivity index (χ4n) is 2.66. The normalized spacial score (nSPS) is 10.6. The Morgan fingerprint density at radius 3 is 2.81 bits per heavy atom. The van der Waals surface area contributed by atoms with Crippen LogP contribution in [-0.4, -0.2) is 15.0 Å². The lowest BCUT2D eigenvalue weighted by atomic mass is 10.1. The summed E-state index contributed by atoms with van der Waals surface area (Å²) < 4.78 is 12.8. The van der Waals surface area contributed by atoms with Crippen LogP contribution in [0.15, 0.2) is 70.2 Å². The first-order valence-electron chi connectivity index (χ1n) is 8.24. The van der Waals surface area contributed by atoms with Gasteiger partial charge in [0.2, 0.25) is 0 Å². The van der Waals surface area contributed by atoms with E-state index in [0.29, 0.717) is 34.5 Å². The van der Waals surface area contributed by atoms with Gasteiger partial charge in [0.15, 0.2) is 5.43 Å². The van der Waals surface area contributed by atoms with Gasteiger partial charge in [-0.05, 0) is 29.8 Å². The molecule has 0 spiro atoms. The highest BCUT2D eigenvalue weighted by atomic mass is 16.5. The summed E-state index contributed by atoms with van der Waals surface area (Å²) in [6, 6.07) is 15.9. The van der Waals surface area contributed by atoms with Crippen LogP contribution in [-0.2, 0) is 13.2 Å². The Hall–Kier alpha value is -3.92. The number of rotatable bonds is 5. The van der Waals surface area contributed by atoms with Crippen LogP contribution in [0.3, 0.4) is 0 Å². The fourth-order valence-corrected chi connectivity index (χ4v) is 2.66. The topological polar surface area (TPSA) is 93.9 Å². The lowest BCUT2D eigenvalue weighted by Crippen LogP contribution is -2.00. The predicted molar refractivity (Wildman–Crippen MR) is 97.1 cm³/mol. The molecule has 0 amide bonds. The minimum Gasteiger partial charge on any atom is -0.487 e. The average Bonchev–Trinajstić information content (AvgIpc) is 3.14. The third-order valence-corrected chi connectivity index (χ3v) is 4.03. The van der Waals surface area contributed by atoms with E-state index in [9.17, 15) is 4.79 Å². The molecular weight excluding hydrogens is 344 g/mol. The summed E-state index contributed by atoms with van der Waals surface area (Å²) in [5.41, 5.74) is 2.71. The minimum absolute atomic E-state index is 0.0893. The third kappa shape index (κ3) is 3.70. The molecule has 0 radical (unpaired) electrons. The lowest BCUT2D eigenvalue weighted by Gasteiger charge is -2.04. The van der Waals surface area contributed by atoms with E-state index < -0.39 is 0 Å². The second kappa shape index (κ2) is 7.14. The zero-order valence-electron chi connectivity index (χ0n) is 14.2. The van der Waals surface area contributed by atoms with E-state index in [1.54, 1.807) is 41.2 Å². The molecule has 7 heteroatoms. The van der Waals surface area contributed by atoms with Crippen LogP contribution in [0.4, 0.5) is 0 Å². The van der Waals surface area contributed by atoms with Crippen molar-refractivity contribution in [2.45, 2.75) is 13.2 Å². The van der Waals surface area contributed by atoms with Crippen molar-refractivity contribution in [2.24, 2.45) is 0 Å². The minimum atomic E-state index is -0.0893. The van der Waals surface area contributed by atoms with Gasteiger partial charge in [0.25, 0.3) is 0 Å². The van der Waals surface area contributed by atoms with Crippen molar-refractivity contribution in [1.82, 2.24) is 15.0 Å². The lowest BCUT2D eigenvalue weighted by molar-refractivity contribution is 0.301. The van der Waals surface area contributed by atoms with Crippen molar-refractivity contribution >= 4 is 11.0 Å². The second-order valence-electron chi connectivity index (χ2n) is 5.95. The Morgan fingerprint density at radius 2 is 2.00 bits per heavy atom. The maximum Gasteiger partial charge on any atom is 0.192 e. The number of nitriles is 1. The van der Waals surface area contributed by atoms with Gasteiger partial charge in [-0.3, -0.25) is 4.79 Å². The summed E-state index contributed by atoms with van der Waals surface area (Å²) in [4.78, 5) is 11.7. The highest BCUT2D eigenvalue weighted by Gasteiger charge is 2.06. The standard InChI is InChI=1S/C20H14N4O3/c21-10-14-1-3-15(4-2-14)11-24-12-16(22-23-24)13-27-17-5-6-18-19(25)7-8-26-20(18)9-17/h1-9,12H,11,13H2. The summed E-state index contributed by atoms with van der Waals surface area (Å²) >= 11 is 0. The highest BCUT2D eigenvalue weighted by Crippen LogP contribution is 2.19. The molecule has 0 N–H and O–H groups in total. The molecule has 2 aromatic heterocycles. The van der Waals surface area contributed by atoms with E-state index >= 15 is 0 Å². The smallest absolute Gasteiger partial charge is 0.192 e. The molecule has 4 aromatic rings. The number of aromatic nitrogens is 3. The van der Waals surface area contributed by atoms with Crippen LogP contribution in [0, 0.1) is 11.3 Å². The Bertz CT molecular complexity index is 1190. The summed E-state index contributed by atoms with van der Waals surface area (Å²) in [6.45, 7) is 0.801. The van der Waals surface area contributed by atoms with Crippen molar-refractivity contribution in [3.8, 4) is 11.8 Å². The third-order valence-electron chi connectivity index (χ3n) is 4.03. The van der Waals surface area contributed by atoms with E-state index in [2.05, 4.69) is 16.4 Å². The highest BCUT2D eigenvalue weighted by molar-refractivity contribution is 5.77. The first kappa shape index (κ1) is 16.5. The van der Waals surface area contributed by atoms with E-state index in [1.807, 2.05) is 12.1 Å². The molecule has 0 aliphatic rings. The summed E-state index contributed by atoms with van der Waals surface area (Å²) in [6.07, 6.45) is 3.17. The van der Waals surface area contributed by atoms with Crippen LogP contribution in [0.5, 0.6) is 5.75 Å². The molecule has 7 nitrogen and oxygen atoms in total. The first-order chi connectivity index (χ1) is 13.2. The Balaban J connectivity index is 1.42. The van der Waals surface area contributed by atoms with Gasteiger partial charge in [0.1, 0.15) is 23.6 Å². The van der Waals surface area contributed by atoms with Crippen LogP contribution >= 0.6 is 0 Å². The van der Waals surface area contributed by atoms with Crippen molar-refractivity contribution in [2.75, 3.05) is 0 Å². The summed E-state index contributed by atoms with van der Waals surface area (Å²) in [5, 5.41) is 17.5. The van der Waals surface area contributed by atoms with Crippen LogP contribution in [0.1, 0.15) is 16.8 Å². The monoisotopic (exact) mass is 358 g/mol. The molecule has 0 atom stereocenters. The SMILES string of the molecule is N#Cc1ccc(Cn2cc(COc3ccc4c(=O)ccoc4c3)nn2)cc1. The van der Waals surface area contributed by atoms with E-state index in [0.717, 1.165) is 5.56 Å². The molecule has 132 valence electrons. The number of benzene rings is 2. The van der Waals surface area contributed by atoms with Crippen molar-refractivity contribution in [3.63, 3.8) is 0 Å². The quantitative estimate of drug-likeness (QED) is 0.544. The molecule has 2 aromatic carbocycles. The maximum atomic E-state index is 11.7. The molecule has 0 fully saturated rings. The van der Waals surface area contributed by atoms with Crippen molar-refractivity contribution in [3.05, 3.63) is 88.0 Å². The molecule has 0 aliphatic carbocycles. The summed E-state index contributed by atoms with van der Waals surface area (Å²) in [5.74, 6) is 0.582. The van der Waals surface area contributed by atoms with Crippen LogP contribution in [0.2, 0.25) is 0 Å². The van der Waals surface area contributed by atoms with E-state index in [1.165, 1.54) is 12.3 Å². The van der Waals surface area contributed by atoms with Gasteiger partial charge in [0, 0.05) is 12.1 Å². The van der Waals surface area contributed by atoms with Gasteiger partial charge in [-0.15, -0.1) is 5.10 Å². The van der Waals surface area contributed by atoms with Crippen LogP contribution in [0.25, 0.3) is 11.0 Å². The van der Waals surface area contributed by atoms with Gasteiger partial charge in [-0.25, -0.2) is 4.68 Å². The molecule has 0 aliphatic heterocycles. The Morgan fingerprint density at radius 1 is 1.15 bits per heavy atom. The molecule has 2 heterocycles. The summed E-state index contributed by atoms with van der Waals surface area (Å²) in [7, 11) is 0. The number of ether oxygens (including phenoxy) is 1. The molecule has 0 bridgehead atoms. The number of fused-ring (bicyclic) bond motifs is 1. The number of nitrogens with zero attached hydrogens (tertiary/aromatic N) is 4. The van der Waals surface area contributed by atoms with Gasteiger partial charge in [0.05, 0.1) is 36.0 Å². The van der Waals surface area contributed by atoms with Crippen molar-refractivity contribution in [1.29, 1.82) is 5.26 Å². The van der Waals surface area contributed by atoms with Gasteiger partial charge < -0.3 is 9.15 Å². The van der Waals surface area contributed by atoms with Gasteiger partial charge >= 0.3 is 0 Å². The average molecular weight is 358 g/mol. The van der Waals surface area contributed by atoms with Gasteiger partial charge in [-0.1, -0.05) is 17.3 Å². The molecular formula is C20H14N4O3. The zero-order chi connectivity index (χ0) is 18.6. The Labute approximate surface area is 154 Å². The zero-order valence-corrected chi connectivity index (χ0v) is 14.2. The van der Waals surface area contributed by atoms with Gasteiger partial charge in [-0.2, -0.15) is 5.26 Å². The predicted octanol–water partition coefficient (Wildman–Crippen LogP) is 2.88. The Kier molecular flexibility index (Phi) is 4.37. The van der Waals surface area contributed by atoms with Crippen molar-refractivity contribution < 1.29 is 9.15 Å². The van der Waals surface area contributed by atoms with Crippen LogP contribution < -0.4 is 10.2 Å². The fraction of sp³-hybridized carbons (Fsp3) is 0.100. The molecule has 0 saturated heterocycles. The molecule has 4 rings (SSSR count). The van der Waals surface area contributed by atoms with E-state index in [-0.39, 0.29) is 12.0 Å². The second-order valence-corrected chi connectivity index (χ2v) is 5.95. The molecule has 0 unspecified atom stereocenters. The maximum absolute atomic E-state index is 11.7. The largest absolute Gasteiger partial charge is 0.487 e. The molecule has 0 saturated carbocycles. The van der Waals surface area contributed by atoms with E-state index in [4.69, 9.17) is 14.4 Å². The molecule has 27 heavy (non-hydrogen) atoms. The first-order valence-corrected chi connectivity index (χ1v) is 8.24. The number of hydrogen-bond donors (Lipinski definition) is 0. The number of hydrogen-bond acceptors (Lipinski definition) is 6.